The number of rotatable bonds is 8. The molecule has 4 rings (SSSR count). The van der Waals surface area contributed by atoms with Crippen LogP contribution < -0.4 is 0 Å². The van der Waals surface area contributed by atoms with E-state index >= 15 is 0 Å². The molecule has 5 nitrogen and oxygen atoms in total. The molecule has 1 saturated heterocycles. The Morgan fingerprint density at radius 2 is 1.91 bits per heavy atom. The summed E-state index contributed by atoms with van der Waals surface area (Å²) in [6, 6.07) is 6.78. The number of thioether (sulfide) groups is 1. The third-order valence-electron chi connectivity index (χ3n) is 6.76. The second-order valence-corrected chi connectivity index (χ2v) is 9.98. The first-order chi connectivity index (χ1) is 15.5. The Labute approximate surface area is 194 Å². The van der Waals surface area contributed by atoms with Gasteiger partial charge in [0.25, 0.3) is 0 Å². The summed E-state index contributed by atoms with van der Waals surface area (Å²) in [5.41, 5.74) is 3.13. The molecule has 1 amide bonds. The van der Waals surface area contributed by atoms with E-state index in [1.165, 1.54) is 30.3 Å². The Balaban J connectivity index is 1.45. The van der Waals surface area contributed by atoms with Gasteiger partial charge in [0, 0.05) is 24.9 Å². The number of hydrogen-bond donors (Lipinski definition) is 0. The van der Waals surface area contributed by atoms with Crippen LogP contribution in [0.5, 0.6) is 0 Å². The maximum Gasteiger partial charge on any atom is 0.233 e. The molecular weight excluding hydrogens is 425 g/mol. The van der Waals surface area contributed by atoms with Crippen molar-refractivity contribution in [1.29, 1.82) is 0 Å². The van der Waals surface area contributed by atoms with Gasteiger partial charge in [-0.15, -0.1) is 0 Å². The number of amides is 1. The molecule has 2 heterocycles. The van der Waals surface area contributed by atoms with Crippen LogP contribution in [-0.2, 0) is 22.6 Å². The number of carbonyl (C=O) groups excluding carboxylic acids is 1. The molecule has 0 unspecified atom stereocenters. The molecule has 0 N–H and O–H groups in total. The average Bonchev–Trinajstić information content (AvgIpc) is 3.41. The molecule has 0 radical (unpaired) electrons. The predicted octanol–water partition coefficient (Wildman–Crippen LogP) is 5.27. The molecule has 0 spiro atoms. The van der Waals surface area contributed by atoms with Gasteiger partial charge in [-0.25, -0.2) is 9.37 Å². The molecule has 32 heavy (non-hydrogen) atoms. The fourth-order valence-electron chi connectivity index (χ4n) is 4.75. The minimum Gasteiger partial charge on any atom is -0.376 e. The van der Waals surface area contributed by atoms with Crippen molar-refractivity contribution < 1.29 is 13.9 Å². The number of ether oxygens (including phenoxy) is 1. The smallest absolute Gasteiger partial charge is 0.233 e. The molecule has 7 heteroatoms. The number of carbonyl (C=O) groups is 1. The lowest BCUT2D eigenvalue weighted by molar-refractivity contribution is -0.132. The van der Waals surface area contributed by atoms with Crippen molar-refractivity contribution in [1.82, 2.24) is 14.5 Å². The molecule has 0 bridgehead atoms. The van der Waals surface area contributed by atoms with Crippen molar-refractivity contribution in [3.8, 4) is 0 Å². The highest BCUT2D eigenvalue weighted by Gasteiger charge is 2.27. The molecular formula is C25H34FN3O2S. The van der Waals surface area contributed by atoms with Gasteiger partial charge in [0.05, 0.1) is 24.1 Å². The van der Waals surface area contributed by atoms with E-state index in [1.54, 1.807) is 12.1 Å². The van der Waals surface area contributed by atoms with E-state index < -0.39 is 0 Å². The largest absolute Gasteiger partial charge is 0.376 e. The summed E-state index contributed by atoms with van der Waals surface area (Å²) < 4.78 is 21.4. The predicted molar refractivity (Wildman–Crippen MR) is 125 cm³/mol. The van der Waals surface area contributed by atoms with Gasteiger partial charge >= 0.3 is 0 Å². The Bertz CT molecular complexity index is 903. The van der Waals surface area contributed by atoms with E-state index in [0.717, 1.165) is 73.8 Å². The topological polar surface area (TPSA) is 47.4 Å². The first kappa shape index (κ1) is 23.3. The lowest BCUT2D eigenvalue weighted by Crippen LogP contribution is -2.42. The van der Waals surface area contributed by atoms with Gasteiger partial charge in [-0.05, 0) is 57.2 Å². The maximum atomic E-state index is 13.4. The minimum atomic E-state index is -0.247. The summed E-state index contributed by atoms with van der Waals surface area (Å²) in [6.07, 6.45) is 8.07. The van der Waals surface area contributed by atoms with Crippen LogP contribution in [0, 0.1) is 19.7 Å². The summed E-state index contributed by atoms with van der Waals surface area (Å²) in [6.45, 7) is 6.28. The zero-order chi connectivity index (χ0) is 22.5. The normalized spacial score (nSPS) is 19.4. The van der Waals surface area contributed by atoms with Gasteiger partial charge in [-0.3, -0.25) is 4.79 Å². The van der Waals surface area contributed by atoms with E-state index in [4.69, 9.17) is 9.72 Å². The molecule has 1 aliphatic heterocycles. The number of aryl methyl sites for hydroxylation is 1. The second-order valence-electron chi connectivity index (χ2n) is 9.04. The summed E-state index contributed by atoms with van der Waals surface area (Å²) in [7, 11) is 0. The molecule has 1 aliphatic carbocycles. The SMILES string of the molecule is Cc1nc(SCC(=O)N(Cc2ccc(F)cc2)C2CCCCC2)n(C[C@H]2CCCO2)c1C. The number of nitrogens with zero attached hydrogens (tertiary/aromatic N) is 3. The molecule has 2 aliphatic rings. The van der Waals surface area contributed by atoms with Gasteiger partial charge in [-0.1, -0.05) is 43.2 Å². The second kappa shape index (κ2) is 10.8. The minimum absolute atomic E-state index is 0.133. The van der Waals surface area contributed by atoms with E-state index in [2.05, 4.69) is 11.5 Å². The van der Waals surface area contributed by atoms with Gasteiger partial charge in [0.1, 0.15) is 5.82 Å². The molecule has 1 atom stereocenters. The third-order valence-corrected chi connectivity index (χ3v) is 7.72. The lowest BCUT2D eigenvalue weighted by atomic mass is 9.94. The molecule has 1 saturated carbocycles. The van der Waals surface area contributed by atoms with Gasteiger partial charge in [0.2, 0.25) is 5.91 Å². The molecule has 2 fully saturated rings. The van der Waals surface area contributed by atoms with Crippen LogP contribution in [0.25, 0.3) is 0 Å². The van der Waals surface area contributed by atoms with Crippen molar-refractivity contribution >= 4 is 17.7 Å². The van der Waals surface area contributed by atoms with Crippen LogP contribution in [-0.4, -0.2) is 44.9 Å². The fourth-order valence-corrected chi connectivity index (χ4v) is 5.74. The molecule has 1 aromatic carbocycles. The van der Waals surface area contributed by atoms with Gasteiger partial charge in [-0.2, -0.15) is 0 Å². The number of hydrogen-bond acceptors (Lipinski definition) is 4. The molecule has 174 valence electrons. The first-order valence-electron chi connectivity index (χ1n) is 11.8. The van der Waals surface area contributed by atoms with E-state index in [-0.39, 0.29) is 23.9 Å². The van der Waals surface area contributed by atoms with E-state index in [1.807, 2.05) is 11.8 Å². The third kappa shape index (κ3) is 5.73. The average molecular weight is 460 g/mol. The highest BCUT2D eigenvalue weighted by molar-refractivity contribution is 7.99. The van der Waals surface area contributed by atoms with Gasteiger partial charge in [0.15, 0.2) is 5.16 Å². The summed E-state index contributed by atoms with van der Waals surface area (Å²) in [5.74, 6) is 0.246. The Kier molecular flexibility index (Phi) is 7.89. The van der Waals surface area contributed by atoms with Crippen molar-refractivity contribution in [2.75, 3.05) is 12.4 Å². The van der Waals surface area contributed by atoms with Crippen LogP contribution in [0.4, 0.5) is 4.39 Å². The van der Waals surface area contributed by atoms with Crippen LogP contribution >= 0.6 is 11.8 Å². The van der Waals surface area contributed by atoms with Crippen molar-refractivity contribution in [3.63, 3.8) is 0 Å². The van der Waals surface area contributed by atoms with Crippen LogP contribution in [0.15, 0.2) is 29.4 Å². The number of imidazole rings is 1. The van der Waals surface area contributed by atoms with E-state index in [0.29, 0.717) is 12.3 Å². The monoisotopic (exact) mass is 459 g/mol. The highest BCUT2D eigenvalue weighted by Crippen LogP contribution is 2.28. The standard InChI is InChI=1S/C25H34FN3O2S/c1-18-19(2)28(16-23-9-6-14-31-23)25(27-18)32-17-24(30)29(22-7-4-3-5-8-22)15-20-10-12-21(26)13-11-20/h10-13,22-23H,3-9,14-17H2,1-2H3/t23-/m1/s1. The highest BCUT2D eigenvalue weighted by atomic mass is 32.2. The fraction of sp³-hybridized carbons (Fsp3) is 0.600. The Morgan fingerprint density at radius 1 is 1.16 bits per heavy atom. The van der Waals surface area contributed by atoms with Crippen LogP contribution in [0.2, 0.25) is 0 Å². The number of benzene rings is 1. The van der Waals surface area contributed by atoms with E-state index in [9.17, 15) is 9.18 Å². The summed E-state index contributed by atoms with van der Waals surface area (Å²) >= 11 is 1.52. The zero-order valence-corrected chi connectivity index (χ0v) is 20.0. The van der Waals surface area contributed by atoms with Crippen molar-refractivity contribution in [3.05, 3.63) is 47.0 Å². The van der Waals surface area contributed by atoms with Crippen molar-refractivity contribution in [2.45, 2.75) is 89.2 Å². The summed E-state index contributed by atoms with van der Waals surface area (Å²) in [4.78, 5) is 20.2. The van der Waals surface area contributed by atoms with Crippen molar-refractivity contribution in [2.24, 2.45) is 0 Å². The quantitative estimate of drug-likeness (QED) is 0.505. The Morgan fingerprint density at radius 3 is 2.59 bits per heavy atom. The number of halogens is 1. The first-order valence-corrected chi connectivity index (χ1v) is 12.8. The maximum absolute atomic E-state index is 13.4. The van der Waals surface area contributed by atoms with Gasteiger partial charge < -0.3 is 14.2 Å². The van der Waals surface area contributed by atoms with Crippen LogP contribution in [0.3, 0.4) is 0 Å². The number of aromatic nitrogens is 2. The lowest BCUT2D eigenvalue weighted by Gasteiger charge is -2.34. The Hall–Kier alpha value is -1.86. The van der Waals surface area contributed by atoms with Crippen LogP contribution in [0.1, 0.15) is 61.9 Å². The molecule has 2 aromatic rings. The summed E-state index contributed by atoms with van der Waals surface area (Å²) in [5, 5.41) is 0.897. The molecule has 1 aromatic heterocycles. The zero-order valence-electron chi connectivity index (χ0n) is 19.2.